The zero-order chi connectivity index (χ0) is 18.4. The Labute approximate surface area is 144 Å². The first-order valence-electron chi connectivity index (χ1n) is 7.26. The molecule has 0 unspecified atom stereocenters. The van der Waals surface area contributed by atoms with Gasteiger partial charge >= 0.3 is 5.97 Å². The molecule has 0 aliphatic rings. The second kappa shape index (κ2) is 8.14. The number of methoxy groups -OCH3 is 3. The van der Waals surface area contributed by atoms with Gasteiger partial charge in [0.05, 0.1) is 26.9 Å². The number of Topliss-reactive ketones (excluding diaryl/α,β-unsaturated/α-hetero) is 1. The minimum absolute atomic E-state index is 0.0256. The fraction of sp³-hybridized carbons (Fsp3) is 0.222. The minimum Gasteiger partial charge on any atom is -0.493 e. The van der Waals surface area contributed by atoms with Crippen LogP contribution in [0.1, 0.15) is 20.7 Å². The molecule has 2 aromatic carbocycles. The molecule has 132 valence electrons. The van der Waals surface area contributed by atoms with E-state index < -0.39 is 24.2 Å². The molecular formula is C18H17FO6. The average molecular weight is 348 g/mol. The smallest absolute Gasteiger partial charge is 0.338 e. The molecule has 25 heavy (non-hydrogen) atoms. The van der Waals surface area contributed by atoms with Gasteiger partial charge in [0.15, 0.2) is 18.1 Å². The lowest BCUT2D eigenvalue weighted by atomic mass is 10.1. The van der Waals surface area contributed by atoms with Crippen molar-refractivity contribution in [3.8, 4) is 17.2 Å². The van der Waals surface area contributed by atoms with Crippen LogP contribution in [0.15, 0.2) is 36.4 Å². The van der Waals surface area contributed by atoms with Crippen molar-refractivity contribution >= 4 is 11.8 Å². The SMILES string of the molecule is COc1cc(C(=O)COC(=O)c2cccc(F)c2)cc(OC)c1OC. The normalized spacial score (nSPS) is 10.1. The number of rotatable bonds is 7. The Balaban J connectivity index is 2.14. The lowest BCUT2D eigenvalue weighted by Crippen LogP contribution is -2.14. The quantitative estimate of drug-likeness (QED) is 0.566. The zero-order valence-corrected chi connectivity index (χ0v) is 14.0. The molecule has 0 atom stereocenters. The van der Waals surface area contributed by atoms with Crippen molar-refractivity contribution in [2.75, 3.05) is 27.9 Å². The summed E-state index contributed by atoms with van der Waals surface area (Å²) in [5.74, 6) is -0.865. The van der Waals surface area contributed by atoms with E-state index in [1.165, 1.54) is 51.7 Å². The summed E-state index contributed by atoms with van der Waals surface area (Å²) in [6, 6.07) is 7.94. The summed E-state index contributed by atoms with van der Waals surface area (Å²) in [7, 11) is 4.30. The number of benzene rings is 2. The average Bonchev–Trinajstić information content (AvgIpc) is 2.64. The predicted molar refractivity (Wildman–Crippen MR) is 87.1 cm³/mol. The maximum absolute atomic E-state index is 13.1. The van der Waals surface area contributed by atoms with Gasteiger partial charge in [0.1, 0.15) is 5.82 Å². The predicted octanol–water partition coefficient (Wildman–Crippen LogP) is 2.89. The van der Waals surface area contributed by atoms with Crippen molar-refractivity contribution < 1.29 is 32.9 Å². The third-order valence-electron chi connectivity index (χ3n) is 3.38. The number of ketones is 1. The fourth-order valence-electron chi connectivity index (χ4n) is 2.16. The van der Waals surface area contributed by atoms with E-state index in [4.69, 9.17) is 18.9 Å². The highest BCUT2D eigenvalue weighted by atomic mass is 19.1. The Bertz CT molecular complexity index is 762. The summed E-state index contributed by atoms with van der Waals surface area (Å²) in [5.41, 5.74) is 0.249. The van der Waals surface area contributed by atoms with Gasteiger partial charge in [-0.05, 0) is 30.3 Å². The molecule has 0 saturated carbocycles. The van der Waals surface area contributed by atoms with Crippen LogP contribution >= 0.6 is 0 Å². The van der Waals surface area contributed by atoms with E-state index in [1.54, 1.807) is 0 Å². The van der Waals surface area contributed by atoms with Gasteiger partial charge in [-0.2, -0.15) is 0 Å². The molecule has 0 N–H and O–H groups in total. The van der Waals surface area contributed by atoms with E-state index >= 15 is 0 Å². The summed E-state index contributed by atoms with van der Waals surface area (Å²) >= 11 is 0. The maximum Gasteiger partial charge on any atom is 0.338 e. The highest BCUT2D eigenvalue weighted by Gasteiger charge is 2.18. The number of carbonyl (C=O) groups excluding carboxylic acids is 2. The minimum atomic E-state index is -0.791. The molecule has 0 aliphatic heterocycles. The first-order chi connectivity index (χ1) is 12.0. The molecule has 2 aromatic rings. The van der Waals surface area contributed by atoms with E-state index in [9.17, 15) is 14.0 Å². The van der Waals surface area contributed by atoms with Gasteiger partial charge in [-0.1, -0.05) is 6.07 Å². The first kappa shape index (κ1) is 18.3. The molecule has 0 saturated heterocycles. The van der Waals surface area contributed by atoms with Crippen LogP contribution in [-0.4, -0.2) is 39.7 Å². The largest absolute Gasteiger partial charge is 0.493 e. The van der Waals surface area contributed by atoms with Gasteiger partial charge in [-0.3, -0.25) is 4.79 Å². The van der Waals surface area contributed by atoms with Crippen molar-refractivity contribution in [1.29, 1.82) is 0 Å². The monoisotopic (exact) mass is 348 g/mol. The molecule has 0 aliphatic carbocycles. The van der Waals surface area contributed by atoms with Crippen molar-refractivity contribution in [2.24, 2.45) is 0 Å². The van der Waals surface area contributed by atoms with E-state index in [1.807, 2.05) is 0 Å². The van der Waals surface area contributed by atoms with E-state index in [0.717, 1.165) is 6.07 Å². The van der Waals surface area contributed by atoms with Gasteiger partial charge in [-0.25, -0.2) is 9.18 Å². The van der Waals surface area contributed by atoms with Gasteiger partial charge in [0, 0.05) is 5.56 Å². The highest BCUT2D eigenvalue weighted by molar-refractivity contribution is 6.00. The Morgan fingerprint density at radius 1 is 0.920 bits per heavy atom. The van der Waals surface area contributed by atoms with E-state index in [0.29, 0.717) is 17.2 Å². The number of hydrogen-bond acceptors (Lipinski definition) is 6. The summed E-state index contributed by atoms with van der Waals surface area (Å²) < 4.78 is 33.6. The third kappa shape index (κ3) is 4.26. The van der Waals surface area contributed by atoms with Crippen molar-refractivity contribution in [2.45, 2.75) is 0 Å². The number of hydrogen-bond donors (Lipinski definition) is 0. The third-order valence-corrected chi connectivity index (χ3v) is 3.38. The molecule has 0 bridgehead atoms. The van der Waals surface area contributed by atoms with Gasteiger partial charge in [0.25, 0.3) is 0 Å². The van der Waals surface area contributed by atoms with Crippen molar-refractivity contribution in [3.05, 3.63) is 53.3 Å². The maximum atomic E-state index is 13.1. The van der Waals surface area contributed by atoms with Crippen LogP contribution in [0.2, 0.25) is 0 Å². The molecule has 6 nitrogen and oxygen atoms in total. The van der Waals surface area contributed by atoms with Crippen LogP contribution in [0, 0.1) is 5.82 Å². The molecule has 0 spiro atoms. The molecule has 0 aromatic heterocycles. The van der Waals surface area contributed by atoms with Crippen LogP contribution in [0.5, 0.6) is 17.2 Å². The summed E-state index contributed by atoms with van der Waals surface area (Å²) in [6.07, 6.45) is 0. The van der Waals surface area contributed by atoms with Gasteiger partial charge < -0.3 is 18.9 Å². The second-order valence-corrected chi connectivity index (χ2v) is 4.92. The Kier molecular flexibility index (Phi) is 5.94. The first-order valence-corrected chi connectivity index (χ1v) is 7.26. The Hall–Kier alpha value is -3.09. The van der Waals surface area contributed by atoms with Crippen LogP contribution in [0.4, 0.5) is 4.39 Å². The molecular weight excluding hydrogens is 331 g/mol. The highest BCUT2D eigenvalue weighted by Crippen LogP contribution is 2.38. The number of esters is 1. The molecule has 7 heteroatoms. The fourth-order valence-corrected chi connectivity index (χ4v) is 2.16. The van der Waals surface area contributed by atoms with Gasteiger partial charge in [0.2, 0.25) is 11.5 Å². The molecule has 0 radical (unpaired) electrons. The van der Waals surface area contributed by atoms with Crippen LogP contribution in [0.25, 0.3) is 0 Å². The molecule has 2 rings (SSSR count). The van der Waals surface area contributed by atoms with Crippen molar-refractivity contribution in [3.63, 3.8) is 0 Å². The molecule has 0 amide bonds. The van der Waals surface area contributed by atoms with E-state index in [2.05, 4.69) is 0 Å². The van der Waals surface area contributed by atoms with E-state index in [-0.39, 0.29) is 11.1 Å². The lowest BCUT2D eigenvalue weighted by molar-refractivity contribution is 0.0474. The Morgan fingerprint density at radius 2 is 1.56 bits per heavy atom. The molecule has 0 fully saturated rings. The summed E-state index contributed by atoms with van der Waals surface area (Å²) in [6.45, 7) is -0.506. The molecule has 0 heterocycles. The van der Waals surface area contributed by atoms with Crippen molar-refractivity contribution in [1.82, 2.24) is 0 Å². The number of ether oxygens (including phenoxy) is 4. The zero-order valence-electron chi connectivity index (χ0n) is 14.0. The second-order valence-electron chi connectivity index (χ2n) is 4.92. The van der Waals surface area contributed by atoms with Crippen LogP contribution in [-0.2, 0) is 4.74 Å². The topological polar surface area (TPSA) is 71.1 Å². The van der Waals surface area contributed by atoms with Crippen LogP contribution < -0.4 is 14.2 Å². The lowest BCUT2D eigenvalue weighted by Gasteiger charge is -2.13. The number of halogens is 1. The summed E-state index contributed by atoms with van der Waals surface area (Å²) in [5, 5.41) is 0. The Morgan fingerprint density at radius 3 is 2.08 bits per heavy atom. The standard InChI is InChI=1S/C18H17FO6/c1-22-15-8-12(9-16(23-2)17(15)24-3)14(20)10-25-18(21)11-5-4-6-13(19)7-11/h4-9H,10H2,1-3H3. The summed E-state index contributed by atoms with van der Waals surface area (Å²) in [4.78, 5) is 24.1. The number of carbonyl (C=O) groups is 2. The van der Waals surface area contributed by atoms with Crippen LogP contribution in [0.3, 0.4) is 0 Å². The van der Waals surface area contributed by atoms with Gasteiger partial charge in [-0.15, -0.1) is 0 Å².